The highest BCUT2D eigenvalue weighted by molar-refractivity contribution is 7.99. The SMILES string of the molecule is COC(=O)c1ccccc1NC(=O)CSc1nnc(-c2ccccc2Cl)n1Cc1ccccc1. The van der Waals surface area contributed by atoms with Crippen LogP contribution in [0.3, 0.4) is 0 Å². The number of methoxy groups -OCH3 is 1. The minimum Gasteiger partial charge on any atom is -0.465 e. The van der Waals surface area contributed by atoms with Gasteiger partial charge in [0.25, 0.3) is 0 Å². The normalized spacial score (nSPS) is 10.6. The molecule has 0 spiro atoms. The number of halogens is 1. The summed E-state index contributed by atoms with van der Waals surface area (Å²) in [6, 6.07) is 24.1. The molecule has 0 fully saturated rings. The molecule has 1 amide bonds. The summed E-state index contributed by atoms with van der Waals surface area (Å²) >= 11 is 7.68. The van der Waals surface area contributed by atoms with Gasteiger partial charge >= 0.3 is 5.97 Å². The molecule has 4 rings (SSSR count). The van der Waals surface area contributed by atoms with Gasteiger partial charge in [-0.15, -0.1) is 10.2 Å². The van der Waals surface area contributed by atoms with Crippen LogP contribution in [-0.2, 0) is 16.1 Å². The third-order valence-electron chi connectivity index (χ3n) is 4.95. The van der Waals surface area contributed by atoms with Gasteiger partial charge in [-0.05, 0) is 29.8 Å². The zero-order chi connectivity index (χ0) is 23.9. The quantitative estimate of drug-likeness (QED) is 0.270. The molecule has 0 bridgehead atoms. The van der Waals surface area contributed by atoms with E-state index in [0.29, 0.717) is 28.2 Å². The van der Waals surface area contributed by atoms with Crippen LogP contribution in [0.1, 0.15) is 15.9 Å². The highest BCUT2D eigenvalue weighted by Gasteiger charge is 2.19. The van der Waals surface area contributed by atoms with Gasteiger partial charge in [-0.25, -0.2) is 4.79 Å². The molecular formula is C25H21ClN4O3S. The highest BCUT2D eigenvalue weighted by Crippen LogP contribution is 2.30. The first-order valence-corrected chi connectivity index (χ1v) is 11.7. The predicted molar refractivity (Wildman–Crippen MR) is 133 cm³/mol. The van der Waals surface area contributed by atoms with Gasteiger partial charge in [0.15, 0.2) is 11.0 Å². The van der Waals surface area contributed by atoms with Crippen molar-refractivity contribution in [3.05, 3.63) is 95.0 Å². The predicted octanol–water partition coefficient (Wildman–Crippen LogP) is 5.16. The molecule has 3 aromatic carbocycles. The molecule has 0 radical (unpaired) electrons. The van der Waals surface area contributed by atoms with Crippen LogP contribution in [0, 0.1) is 0 Å². The van der Waals surface area contributed by atoms with Crippen LogP contribution in [0.15, 0.2) is 84.0 Å². The van der Waals surface area contributed by atoms with E-state index in [4.69, 9.17) is 16.3 Å². The van der Waals surface area contributed by atoms with Crippen molar-refractivity contribution in [2.75, 3.05) is 18.2 Å². The Morgan fingerprint density at radius 1 is 0.971 bits per heavy atom. The second-order valence-corrected chi connectivity index (χ2v) is 8.58. The van der Waals surface area contributed by atoms with Crippen LogP contribution in [0.5, 0.6) is 0 Å². The summed E-state index contributed by atoms with van der Waals surface area (Å²) < 4.78 is 6.73. The van der Waals surface area contributed by atoms with Crippen molar-refractivity contribution >= 4 is 40.9 Å². The van der Waals surface area contributed by atoms with Crippen LogP contribution >= 0.6 is 23.4 Å². The second kappa shape index (κ2) is 11.0. The van der Waals surface area contributed by atoms with Crippen molar-refractivity contribution in [2.45, 2.75) is 11.7 Å². The molecular weight excluding hydrogens is 472 g/mol. The lowest BCUT2D eigenvalue weighted by Crippen LogP contribution is -2.17. The maximum absolute atomic E-state index is 12.7. The molecule has 1 N–H and O–H groups in total. The molecule has 9 heteroatoms. The van der Waals surface area contributed by atoms with Gasteiger partial charge in [-0.3, -0.25) is 9.36 Å². The van der Waals surface area contributed by atoms with Crippen molar-refractivity contribution in [3.8, 4) is 11.4 Å². The number of para-hydroxylation sites is 1. The molecule has 4 aromatic rings. The summed E-state index contributed by atoms with van der Waals surface area (Å²) in [7, 11) is 1.30. The number of hydrogen-bond donors (Lipinski definition) is 1. The molecule has 0 saturated heterocycles. The number of rotatable bonds is 8. The Labute approximate surface area is 206 Å². The lowest BCUT2D eigenvalue weighted by Gasteiger charge is -2.12. The van der Waals surface area contributed by atoms with Gasteiger partial charge in [-0.1, -0.05) is 78.0 Å². The summed E-state index contributed by atoms with van der Waals surface area (Å²) in [4.78, 5) is 24.7. The van der Waals surface area contributed by atoms with Gasteiger partial charge in [0.2, 0.25) is 5.91 Å². The van der Waals surface area contributed by atoms with E-state index in [1.54, 1.807) is 30.3 Å². The average Bonchev–Trinajstić information content (AvgIpc) is 3.25. The monoisotopic (exact) mass is 492 g/mol. The number of amides is 1. The van der Waals surface area contributed by atoms with Crippen LogP contribution in [-0.4, -0.2) is 39.5 Å². The number of ether oxygens (including phenoxy) is 1. The van der Waals surface area contributed by atoms with Gasteiger partial charge < -0.3 is 10.1 Å². The Balaban J connectivity index is 1.56. The molecule has 172 valence electrons. The summed E-state index contributed by atoms with van der Waals surface area (Å²) in [6.45, 7) is 0.517. The molecule has 0 aliphatic rings. The Hall–Kier alpha value is -3.62. The molecule has 7 nitrogen and oxygen atoms in total. The van der Waals surface area contributed by atoms with Crippen molar-refractivity contribution in [3.63, 3.8) is 0 Å². The third kappa shape index (κ3) is 5.47. The number of esters is 1. The molecule has 34 heavy (non-hydrogen) atoms. The van der Waals surface area contributed by atoms with Crippen LogP contribution in [0.25, 0.3) is 11.4 Å². The Morgan fingerprint density at radius 3 is 2.44 bits per heavy atom. The van der Waals surface area contributed by atoms with E-state index >= 15 is 0 Å². The van der Waals surface area contributed by atoms with Crippen LogP contribution in [0.2, 0.25) is 5.02 Å². The summed E-state index contributed by atoms with van der Waals surface area (Å²) in [6.07, 6.45) is 0. The van der Waals surface area contributed by atoms with E-state index in [2.05, 4.69) is 15.5 Å². The number of carbonyl (C=O) groups is 2. The fourth-order valence-corrected chi connectivity index (χ4v) is 4.30. The number of nitrogens with one attached hydrogen (secondary N) is 1. The average molecular weight is 493 g/mol. The number of nitrogens with zero attached hydrogens (tertiary/aromatic N) is 3. The fraction of sp³-hybridized carbons (Fsp3) is 0.120. The van der Waals surface area contributed by atoms with Crippen molar-refractivity contribution in [1.29, 1.82) is 0 Å². The number of hydrogen-bond acceptors (Lipinski definition) is 6. The van der Waals surface area contributed by atoms with E-state index in [1.165, 1.54) is 18.9 Å². The largest absolute Gasteiger partial charge is 0.465 e. The maximum atomic E-state index is 12.7. The van der Waals surface area contributed by atoms with Gasteiger partial charge in [-0.2, -0.15) is 0 Å². The van der Waals surface area contributed by atoms with E-state index in [9.17, 15) is 9.59 Å². The first kappa shape index (κ1) is 23.5. The summed E-state index contributed by atoms with van der Waals surface area (Å²) in [5, 5.41) is 12.6. The lowest BCUT2D eigenvalue weighted by molar-refractivity contribution is -0.113. The van der Waals surface area contributed by atoms with E-state index in [-0.39, 0.29) is 17.2 Å². The smallest absolute Gasteiger partial charge is 0.339 e. The minimum atomic E-state index is -0.518. The zero-order valence-electron chi connectivity index (χ0n) is 18.3. The van der Waals surface area contributed by atoms with E-state index < -0.39 is 5.97 Å². The van der Waals surface area contributed by atoms with Gasteiger partial charge in [0.1, 0.15) is 0 Å². The maximum Gasteiger partial charge on any atom is 0.339 e. The molecule has 0 unspecified atom stereocenters. The minimum absolute atomic E-state index is 0.0744. The first-order valence-electron chi connectivity index (χ1n) is 10.4. The lowest BCUT2D eigenvalue weighted by atomic mass is 10.2. The van der Waals surface area contributed by atoms with Gasteiger partial charge in [0.05, 0.1) is 35.7 Å². The number of benzene rings is 3. The fourth-order valence-electron chi connectivity index (χ4n) is 3.34. The van der Waals surface area contributed by atoms with Gasteiger partial charge in [0, 0.05) is 5.56 Å². The molecule has 0 aliphatic carbocycles. The Morgan fingerprint density at radius 2 is 1.68 bits per heavy atom. The summed E-state index contributed by atoms with van der Waals surface area (Å²) in [5.41, 5.74) is 2.50. The number of anilines is 1. The molecule has 0 saturated carbocycles. The summed E-state index contributed by atoms with van der Waals surface area (Å²) in [5.74, 6) is -0.107. The molecule has 0 aliphatic heterocycles. The van der Waals surface area contributed by atoms with Crippen molar-refractivity contribution in [2.24, 2.45) is 0 Å². The van der Waals surface area contributed by atoms with Crippen LogP contribution < -0.4 is 5.32 Å². The Kier molecular flexibility index (Phi) is 7.61. The number of carbonyl (C=O) groups excluding carboxylic acids is 2. The van der Waals surface area contributed by atoms with E-state index in [1.807, 2.05) is 53.1 Å². The van der Waals surface area contributed by atoms with Crippen LogP contribution in [0.4, 0.5) is 5.69 Å². The number of thioether (sulfide) groups is 1. The molecule has 1 heterocycles. The van der Waals surface area contributed by atoms with Crippen molar-refractivity contribution in [1.82, 2.24) is 14.8 Å². The molecule has 1 aromatic heterocycles. The first-order chi connectivity index (χ1) is 16.6. The topological polar surface area (TPSA) is 86.1 Å². The number of aromatic nitrogens is 3. The highest BCUT2D eigenvalue weighted by atomic mass is 35.5. The van der Waals surface area contributed by atoms with E-state index in [0.717, 1.165) is 11.1 Å². The Bertz CT molecular complexity index is 1310. The zero-order valence-corrected chi connectivity index (χ0v) is 19.8. The second-order valence-electron chi connectivity index (χ2n) is 7.23. The molecule has 0 atom stereocenters. The van der Waals surface area contributed by atoms with Crippen molar-refractivity contribution < 1.29 is 14.3 Å². The third-order valence-corrected chi connectivity index (χ3v) is 6.25. The standard InChI is InChI=1S/C25H21ClN4O3S/c1-33-24(32)19-12-6-8-14-21(19)27-22(31)16-34-25-29-28-23(18-11-5-7-13-20(18)26)30(25)15-17-9-3-2-4-10-17/h2-14H,15-16H2,1H3,(H,27,31).